The van der Waals surface area contributed by atoms with E-state index in [1.807, 2.05) is 36.4 Å². The first kappa shape index (κ1) is 15.8. The summed E-state index contributed by atoms with van der Waals surface area (Å²) in [6, 6.07) is 15.4. The van der Waals surface area contributed by atoms with E-state index in [-0.39, 0.29) is 0 Å². The molecule has 23 heavy (non-hydrogen) atoms. The molecule has 0 aliphatic rings. The van der Waals surface area contributed by atoms with Gasteiger partial charge in [-0.25, -0.2) is 4.98 Å². The summed E-state index contributed by atoms with van der Waals surface area (Å²) in [5.41, 5.74) is 3.20. The molecule has 0 saturated carbocycles. The molecule has 0 spiro atoms. The van der Waals surface area contributed by atoms with E-state index in [1.54, 1.807) is 13.2 Å². The van der Waals surface area contributed by atoms with Gasteiger partial charge in [0.05, 0.1) is 29.3 Å². The Morgan fingerprint density at radius 1 is 1.26 bits per heavy atom. The minimum absolute atomic E-state index is 0.507. The minimum Gasteiger partial charge on any atom is -0.481 e. The van der Waals surface area contributed by atoms with E-state index in [0.717, 1.165) is 26.5 Å². The fourth-order valence-corrected chi connectivity index (χ4v) is 3.15. The van der Waals surface area contributed by atoms with Crippen molar-refractivity contribution >= 4 is 38.4 Å². The number of aromatic nitrogens is 1. The quantitative estimate of drug-likeness (QED) is 0.626. The Hall–Kier alpha value is -2.09. The van der Waals surface area contributed by atoms with Gasteiger partial charge in [-0.15, -0.1) is 0 Å². The molecule has 0 bridgehead atoms. The van der Waals surface area contributed by atoms with Crippen molar-refractivity contribution in [2.24, 2.45) is 0 Å². The van der Waals surface area contributed by atoms with Gasteiger partial charge >= 0.3 is 0 Å². The molecule has 2 aromatic carbocycles. The second-order valence-corrected chi connectivity index (χ2v) is 6.36. The molecule has 0 fully saturated rings. The first-order chi connectivity index (χ1) is 11.1. The molecule has 0 radical (unpaired) electrons. The number of hydrogen-bond acceptors (Lipinski definition) is 3. The third-order valence-electron chi connectivity index (χ3n) is 3.57. The lowest BCUT2D eigenvalue weighted by Crippen LogP contribution is -1.99. The van der Waals surface area contributed by atoms with Crippen LogP contribution in [0, 0.1) is 11.3 Å². The Morgan fingerprint density at radius 2 is 2.09 bits per heavy atom. The molecule has 0 aliphatic heterocycles. The Kier molecular flexibility index (Phi) is 4.51. The van der Waals surface area contributed by atoms with Crippen LogP contribution < -0.4 is 4.74 Å². The highest BCUT2D eigenvalue weighted by molar-refractivity contribution is 9.10. The third kappa shape index (κ3) is 3.17. The summed E-state index contributed by atoms with van der Waals surface area (Å²) in [5, 5.41) is 10.5. The number of fused-ring (bicyclic) bond motifs is 1. The number of nitrogens with zero attached hydrogens (tertiary/aromatic N) is 2. The molecule has 3 rings (SSSR count). The fourth-order valence-electron chi connectivity index (χ4n) is 2.49. The predicted molar refractivity (Wildman–Crippen MR) is 95.0 cm³/mol. The van der Waals surface area contributed by atoms with Crippen molar-refractivity contribution in [2.75, 3.05) is 7.11 Å². The SMILES string of the molecule is COc1nc2ccc(Br)cc2c(Cl)c1Cc1cccc(C#N)c1. The van der Waals surface area contributed by atoms with Crippen LogP contribution >= 0.6 is 27.5 Å². The smallest absolute Gasteiger partial charge is 0.218 e. The molecule has 0 unspecified atom stereocenters. The second kappa shape index (κ2) is 6.57. The van der Waals surface area contributed by atoms with Crippen molar-refractivity contribution in [3.63, 3.8) is 0 Å². The lowest BCUT2D eigenvalue weighted by Gasteiger charge is -2.13. The van der Waals surface area contributed by atoms with Gasteiger partial charge in [0, 0.05) is 21.8 Å². The summed E-state index contributed by atoms with van der Waals surface area (Å²) in [6.07, 6.45) is 0.549. The van der Waals surface area contributed by atoms with Crippen LogP contribution in [0.25, 0.3) is 10.9 Å². The van der Waals surface area contributed by atoms with Crippen LogP contribution in [0.2, 0.25) is 5.02 Å². The Balaban J connectivity index is 2.15. The zero-order chi connectivity index (χ0) is 16.4. The van der Waals surface area contributed by atoms with Crippen LogP contribution in [0.4, 0.5) is 0 Å². The predicted octanol–water partition coefficient (Wildman–Crippen LogP) is 5.12. The van der Waals surface area contributed by atoms with Gasteiger partial charge in [-0.3, -0.25) is 0 Å². The summed E-state index contributed by atoms with van der Waals surface area (Å²) in [5.74, 6) is 0.507. The monoisotopic (exact) mass is 386 g/mol. The highest BCUT2D eigenvalue weighted by Gasteiger charge is 2.15. The second-order valence-electron chi connectivity index (χ2n) is 5.06. The molecule has 1 aromatic heterocycles. The van der Waals surface area contributed by atoms with Gasteiger partial charge < -0.3 is 4.74 Å². The van der Waals surface area contributed by atoms with E-state index < -0.39 is 0 Å². The first-order valence-corrected chi connectivity index (χ1v) is 8.10. The summed E-state index contributed by atoms with van der Waals surface area (Å²) >= 11 is 10.1. The lowest BCUT2D eigenvalue weighted by atomic mass is 10.0. The number of methoxy groups -OCH3 is 1. The van der Waals surface area contributed by atoms with Crippen LogP contribution in [-0.4, -0.2) is 12.1 Å². The molecule has 0 amide bonds. The number of halogens is 2. The van der Waals surface area contributed by atoms with E-state index in [0.29, 0.717) is 22.9 Å². The number of ether oxygens (including phenoxy) is 1. The standard InChI is InChI=1S/C18H12BrClN2O/c1-23-18-15(8-11-3-2-4-12(7-11)10-21)17(20)14-9-13(19)5-6-16(14)22-18/h2-7,9H,8H2,1H3. The fraction of sp³-hybridized carbons (Fsp3) is 0.111. The van der Waals surface area contributed by atoms with Gasteiger partial charge in [0.2, 0.25) is 5.88 Å². The highest BCUT2D eigenvalue weighted by Crippen LogP contribution is 2.35. The number of nitriles is 1. The third-order valence-corrected chi connectivity index (χ3v) is 4.50. The maximum atomic E-state index is 9.04. The van der Waals surface area contributed by atoms with Gasteiger partial charge in [0.1, 0.15) is 0 Å². The van der Waals surface area contributed by atoms with E-state index >= 15 is 0 Å². The molecule has 5 heteroatoms. The number of pyridine rings is 1. The zero-order valence-corrected chi connectivity index (χ0v) is 14.6. The maximum absolute atomic E-state index is 9.04. The normalized spacial score (nSPS) is 10.5. The molecule has 3 aromatic rings. The summed E-state index contributed by atoms with van der Waals surface area (Å²) in [4.78, 5) is 4.54. The molecule has 1 heterocycles. The Morgan fingerprint density at radius 3 is 2.83 bits per heavy atom. The highest BCUT2D eigenvalue weighted by atomic mass is 79.9. The molecule has 0 atom stereocenters. The maximum Gasteiger partial charge on any atom is 0.218 e. The summed E-state index contributed by atoms with van der Waals surface area (Å²) in [7, 11) is 1.58. The van der Waals surface area contributed by atoms with E-state index in [2.05, 4.69) is 27.0 Å². The average molecular weight is 388 g/mol. The molecular weight excluding hydrogens is 376 g/mol. The molecule has 0 saturated heterocycles. The van der Waals surface area contributed by atoms with E-state index in [9.17, 15) is 0 Å². The molecule has 0 aliphatic carbocycles. The van der Waals surface area contributed by atoms with Gasteiger partial charge in [-0.2, -0.15) is 5.26 Å². The van der Waals surface area contributed by atoms with Crippen molar-refractivity contribution in [2.45, 2.75) is 6.42 Å². The van der Waals surface area contributed by atoms with Crippen LogP contribution in [-0.2, 0) is 6.42 Å². The Bertz CT molecular complexity index is 934. The van der Waals surface area contributed by atoms with E-state index in [4.69, 9.17) is 21.6 Å². The number of benzene rings is 2. The van der Waals surface area contributed by atoms with Crippen LogP contribution in [0.15, 0.2) is 46.9 Å². The van der Waals surface area contributed by atoms with Gasteiger partial charge in [-0.05, 0) is 35.9 Å². The van der Waals surface area contributed by atoms with E-state index in [1.165, 1.54) is 0 Å². The summed E-state index contributed by atoms with van der Waals surface area (Å²) in [6.45, 7) is 0. The zero-order valence-electron chi connectivity index (χ0n) is 12.3. The molecule has 0 N–H and O–H groups in total. The van der Waals surface area contributed by atoms with Crippen molar-refractivity contribution in [1.82, 2.24) is 4.98 Å². The van der Waals surface area contributed by atoms with Crippen LogP contribution in [0.3, 0.4) is 0 Å². The lowest BCUT2D eigenvalue weighted by molar-refractivity contribution is 0.395. The van der Waals surface area contributed by atoms with Gasteiger partial charge in [0.25, 0.3) is 0 Å². The van der Waals surface area contributed by atoms with Crippen LogP contribution in [0.1, 0.15) is 16.7 Å². The van der Waals surface area contributed by atoms with Crippen molar-refractivity contribution < 1.29 is 4.74 Å². The van der Waals surface area contributed by atoms with Crippen molar-refractivity contribution in [3.8, 4) is 11.9 Å². The molecular formula is C18H12BrClN2O. The van der Waals surface area contributed by atoms with Crippen molar-refractivity contribution in [1.29, 1.82) is 5.26 Å². The Labute approximate surface area is 147 Å². The molecule has 114 valence electrons. The first-order valence-electron chi connectivity index (χ1n) is 6.93. The average Bonchev–Trinajstić information content (AvgIpc) is 2.58. The van der Waals surface area contributed by atoms with Crippen molar-refractivity contribution in [3.05, 3.63) is 68.7 Å². The minimum atomic E-state index is 0.507. The van der Waals surface area contributed by atoms with Gasteiger partial charge in [-0.1, -0.05) is 39.7 Å². The largest absolute Gasteiger partial charge is 0.481 e. The topological polar surface area (TPSA) is 45.9 Å². The number of rotatable bonds is 3. The number of hydrogen-bond donors (Lipinski definition) is 0. The van der Waals surface area contributed by atoms with Crippen LogP contribution in [0.5, 0.6) is 5.88 Å². The van der Waals surface area contributed by atoms with Gasteiger partial charge in [0.15, 0.2) is 0 Å². The summed E-state index contributed by atoms with van der Waals surface area (Å²) < 4.78 is 6.36. The molecule has 3 nitrogen and oxygen atoms in total.